The molecule has 1 unspecified atom stereocenters. The van der Waals surface area contributed by atoms with Crippen LogP contribution in [-0.2, 0) is 15.7 Å². The Morgan fingerprint density at radius 3 is 2.63 bits per heavy atom. The zero-order valence-electron chi connectivity index (χ0n) is 10.8. The Balaban J connectivity index is 3.05. The number of ether oxygens (including phenoxy) is 1. The van der Waals surface area contributed by atoms with Gasteiger partial charge in [0.2, 0.25) is 0 Å². The maximum atomic E-state index is 12.6. The molecule has 0 aliphatic heterocycles. The van der Waals surface area contributed by atoms with Gasteiger partial charge in [0.15, 0.2) is 0 Å². The number of benzene rings is 1. The summed E-state index contributed by atoms with van der Waals surface area (Å²) in [5, 5.41) is 2.87. The third-order valence-corrected chi connectivity index (χ3v) is 2.58. The van der Waals surface area contributed by atoms with E-state index < -0.39 is 23.8 Å². The smallest absolute Gasteiger partial charge is 0.416 e. The lowest BCUT2D eigenvalue weighted by Gasteiger charge is -2.17. The van der Waals surface area contributed by atoms with Crippen LogP contribution in [-0.4, -0.2) is 19.6 Å². The van der Waals surface area contributed by atoms with Crippen molar-refractivity contribution in [1.29, 1.82) is 0 Å². The summed E-state index contributed by atoms with van der Waals surface area (Å²) in [6, 6.07) is 3.80. The Hall–Kier alpha value is -1.56. The minimum atomic E-state index is -4.43. The van der Waals surface area contributed by atoms with E-state index in [9.17, 15) is 18.0 Å². The van der Waals surface area contributed by atoms with E-state index in [1.807, 2.05) is 6.92 Å². The van der Waals surface area contributed by atoms with E-state index in [0.717, 1.165) is 18.6 Å². The third kappa shape index (κ3) is 4.24. The number of carbonyl (C=O) groups excluding carboxylic acids is 1. The summed E-state index contributed by atoms with van der Waals surface area (Å²) in [7, 11) is 1.20. The first-order chi connectivity index (χ1) is 8.90. The fourth-order valence-corrected chi connectivity index (χ4v) is 1.64. The lowest BCUT2D eigenvalue weighted by atomic mass is 10.0. The second-order valence-electron chi connectivity index (χ2n) is 4.03. The normalized spacial score (nSPS) is 13.1. The van der Waals surface area contributed by atoms with E-state index in [0.29, 0.717) is 6.54 Å². The van der Waals surface area contributed by atoms with Crippen molar-refractivity contribution in [3.05, 3.63) is 35.4 Å². The van der Waals surface area contributed by atoms with Gasteiger partial charge in [-0.1, -0.05) is 19.1 Å². The van der Waals surface area contributed by atoms with Gasteiger partial charge < -0.3 is 10.1 Å². The summed E-state index contributed by atoms with van der Waals surface area (Å²) in [6.45, 7) is 2.41. The van der Waals surface area contributed by atoms with E-state index in [-0.39, 0.29) is 5.56 Å². The van der Waals surface area contributed by atoms with E-state index in [1.54, 1.807) is 0 Å². The second-order valence-corrected chi connectivity index (χ2v) is 4.03. The summed E-state index contributed by atoms with van der Waals surface area (Å²) < 4.78 is 42.5. The Labute approximate surface area is 109 Å². The SMILES string of the molecule is CCCNC(C(=O)OC)c1cccc(C(F)(F)F)c1. The predicted octanol–water partition coefficient (Wildman–Crippen LogP) is 2.92. The van der Waals surface area contributed by atoms with Gasteiger partial charge in [-0.15, -0.1) is 0 Å². The average molecular weight is 275 g/mol. The number of carbonyl (C=O) groups is 1. The molecule has 0 heterocycles. The molecule has 1 N–H and O–H groups in total. The predicted molar refractivity (Wildman–Crippen MR) is 64.5 cm³/mol. The molecular weight excluding hydrogens is 259 g/mol. The summed E-state index contributed by atoms with van der Waals surface area (Å²) >= 11 is 0. The van der Waals surface area contributed by atoms with Crippen molar-refractivity contribution in [3.63, 3.8) is 0 Å². The van der Waals surface area contributed by atoms with Crippen molar-refractivity contribution < 1.29 is 22.7 Å². The van der Waals surface area contributed by atoms with E-state index in [4.69, 9.17) is 0 Å². The molecule has 1 aromatic carbocycles. The maximum absolute atomic E-state index is 12.6. The van der Waals surface area contributed by atoms with Gasteiger partial charge in [0, 0.05) is 0 Å². The fraction of sp³-hybridized carbons (Fsp3) is 0.462. The van der Waals surface area contributed by atoms with Crippen LogP contribution in [0.3, 0.4) is 0 Å². The molecule has 106 valence electrons. The Morgan fingerprint density at radius 1 is 1.42 bits per heavy atom. The Kier molecular flexibility index (Phi) is 5.35. The van der Waals surface area contributed by atoms with Gasteiger partial charge in [-0.25, -0.2) is 4.79 Å². The standard InChI is InChI=1S/C13H16F3NO2/c1-3-7-17-11(12(18)19-2)9-5-4-6-10(8-9)13(14,15)16/h4-6,8,11,17H,3,7H2,1-2H3. The van der Waals surface area contributed by atoms with Crippen LogP contribution in [0.25, 0.3) is 0 Å². The molecule has 19 heavy (non-hydrogen) atoms. The van der Waals surface area contributed by atoms with Gasteiger partial charge in [0.1, 0.15) is 6.04 Å². The van der Waals surface area contributed by atoms with E-state index in [2.05, 4.69) is 10.1 Å². The molecule has 1 aromatic rings. The van der Waals surface area contributed by atoms with Gasteiger partial charge in [-0.2, -0.15) is 13.2 Å². The number of nitrogens with one attached hydrogen (secondary N) is 1. The largest absolute Gasteiger partial charge is 0.468 e. The summed E-state index contributed by atoms with van der Waals surface area (Å²) in [4.78, 5) is 11.6. The molecule has 0 fully saturated rings. The van der Waals surface area contributed by atoms with Crippen LogP contribution < -0.4 is 5.32 Å². The number of halogens is 3. The quantitative estimate of drug-likeness (QED) is 0.840. The van der Waals surface area contributed by atoms with E-state index >= 15 is 0 Å². The van der Waals surface area contributed by atoms with Crippen LogP contribution in [0.5, 0.6) is 0 Å². The van der Waals surface area contributed by atoms with Crippen LogP contribution in [0, 0.1) is 0 Å². The van der Waals surface area contributed by atoms with Gasteiger partial charge in [-0.05, 0) is 30.7 Å². The first-order valence-electron chi connectivity index (χ1n) is 5.88. The first-order valence-corrected chi connectivity index (χ1v) is 5.88. The molecule has 0 bridgehead atoms. The Morgan fingerprint density at radius 2 is 2.11 bits per heavy atom. The van der Waals surface area contributed by atoms with Gasteiger partial charge in [-0.3, -0.25) is 0 Å². The van der Waals surface area contributed by atoms with Crippen molar-refractivity contribution in [3.8, 4) is 0 Å². The number of methoxy groups -OCH3 is 1. The molecule has 0 radical (unpaired) electrons. The minimum Gasteiger partial charge on any atom is -0.468 e. The summed E-state index contributed by atoms with van der Waals surface area (Å²) in [6.07, 6.45) is -3.67. The second kappa shape index (κ2) is 6.56. The highest BCUT2D eigenvalue weighted by molar-refractivity contribution is 5.77. The van der Waals surface area contributed by atoms with E-state index in [1.165, 1.54) is 19.2 Å². The molecule has 1 rings (SSSR count). The lowest BCUT2D eigenvalue weighted by Crippen LogP contribution is -2.30. The van der Waals surface area contributed by atoms with Crippen molar-refractivity contribution in [2.45, 2.75) is 25.6 Å². The molecule has 0 saturated heterocycles. The lowest BCUT2D eigenvalue weighted by molar-refractivity contribution is -0.143. The van der Waals surface area contributed by atoms with Crippen LogP contribution in [0.1, 0.15) is 30.5 Å². The maximum Gasteiger partial charge on any atom is 0.416 e. The van der Waals surface area contributed by atoms with Crippen molar-refractivity contribution >= 4 is 5.97 Å². The van der Waals surface area contributed by atoms with Gasteiger partial charge in [0.25, 0.3) is 0 Å². The highest BCUT2D eigenvalue weighted by Gasteiger charge is 2.31. The third-order valence-electron chi connectivity index (χ3n) is 2.58. The minimum absolute atomic E-state index is 0.245. The average Bonchev–Trinajstić information content (AvgIpc) is 2.38. The van der Waals surface area contributed by atoms with Crippen LogP contribution >= 0.6 is 0 Å². The first kappa shape index (κ1) is 15.5. The monoisotopic (exact) mass is 275 g/mol. The summed E-state index contributed by atoms with van der Waals surface area (Å²) in [5.74, 6) is -0.604. The zero-order valence-corrected chi connectivity index (χ0v) is 10.8. The highest BCUT2D eigenvalue weighted by Crippen LogP contribution is 2.30. The van der Waals surface area contributed by atoms with Crippen molar-refractivity contribution in [2.24, 2.45) is 0 Å². The molecule has 0 spiro atoms. The van der Waals surface area contributed by atoms with Gasteiger partial charge in [0.05, 0.1) is 12.7 Å². The molecule has 3 nitrogen and oxygen atoms in total. The van der Waals surface area contributed by atoms with Crippen molar-refractivity contribution in [2.75, 3.05) is 13.7 Å². The Bertz CT molecular complexity index is 432. The van der Waals surface area contributed by atoms with Crippen LogP contribution in [0.2, 0.25) is 0 Å². The molecule has 0 amide bonds. The zero-order chi connectivity index (χ0) is 14.5. The van der Waals surface area contributed by atoms with Crippen molar-refractivity contribution in [1.82, 2.24) is 5.32 Å². The topological polar surface area (TPSA) is 38.3 Å². The van der Waals surface area contributed by atoms with Crippen LogP contribution in [0.15, 0.2) is 24.3 Å². The molecular formula is C13H16F3NO2. The highest BCUT2D eigenvalue weighted by atomic mass is 19.4. The number of hydrogen-bond acceptors (Lipinski definition) is 3. The number of rotatable bonds is 5. The van der Waals surface area contributed by atoms with Crippen LogP contribution in [0.4, 0.5) is 13.2 Å². The molecule has 0 aliphatic carbocycles. The molecule has 0 saturated carbocycles. The molecule has 0 aromatic heterocycles. The molecule has 0 aliphatic rings. The molecule has 6 heteroatoms. The summed E-state index contributed by atoms with van der Waals surface area (Å²) in [5.41, 5.74) is -0.535. The number of esters is 1. The fourth-order valence-electron chi connectivity index (χ4n) is 1.64. The number of hydrogen-bond donors (Lipinski definition) is 1. The molecule has 1 atom stereocenters. The number of alkyl halides is 3. The van der Waals surface area contributed by atoms with Gasteiger partial charge >= 0.3 is 12.1 Å².